The molecule has 1 aliphatic rings. The normalized spacial score (nSPS) is 19.6. The molecule has 0 aromatic carbocycles. The minimum absolute atomic E-state index is 0.153. The maximum atomic E-state index is 5.97. The Kier molecular flexibility index (Phi) is 6.63. The van der Waals surface area contributed by atoms with Gasteiger partial charge in [-0.3, -0.25) is 0 Å². The molecule has 19 heavy (non-hydrogen) atoms. The van der Waals surface area contributed by atoms with E-state index in [1.807, 2.05) is 18.9 Å². The van der Waals surface area contributed by atoms with Crippen LogP contribution in [-0.2, 0) is 14.2 Å². The Labute approximate surface area is 123 Å². The molecule has 0 saturated heterocycles. The molecule has 108 valence electrons. The summed E-state index contributed by atoms with van der Waals surface area (Å²) in [6, 6.07) is 2.17. The molecule has 1 aliphatic heterocycles. The van der Waals surface area contributed by atoms with Crippen molar-refractivity contribution in [2.45, 2.75) is 17.2 Å². The van der Waals surface area contributed by atoms with Gasteiger partial charge in [-0.2, -0.15) is 0 Å². The molecule has 1 atom stereocenters. The highest BCUT2D eigenvalue weighted by atomic mass is 32.2. The first-order valence-corrected chi connectivity index (χ1v) is 8.19. The zero-order valence-corrected chi connectivity index (χ0v) is 13.1. The molecule has 1 aromatic rings. The number of ether oxygens (including phenoxy) is 3. The van der Waals surface area contributed by atoms with Crippen LogP contribution in [0.4, 0.5) is 0 Å². The van der Waals surface area contributed by atoms with Gasteiger partial charge in [0, 0.05) is 32.4 Å². The summed E-state index contributed by atoms with van der Waals surface area (Å²) in [6.45, 7) is 6.63. The topological polar surface area (TPSA) is 30.9 Å². The van der Waals surface area contributed by atoms with Gasteiger partial charge in [-0.15, -0.1) is 11.3 Å². The second-order valence-electron chi connectivity index (χ2n) is 4.19. The third kappa shape index (κ3) is 4.44. The van der Waals surface area contributed by atoms with Crippen molar-refractivity contribution < 1.29 is 14.2 Å². The van der Waals surface area contributed by atoms with Gasteiger partial charge in [-0.25, -0.2) is 4.31 Å². The predicted molar refractivity (Wildman–Crippen MR) is 78.8 cm³/mol. The van der Waals surface area contributed by atoms with Crippen molar-refractivity contribution >= 4 is 23.3 Å². The van der Waals surface area contributed by atoms with E-state index >= 15 is 0 Å². The van der Waals surface area contributed by atoms with Gasteiger partial charge in [0.25, 0.3) is 0 Å². The quantitative estimate of drug-likeness (QED) is 0.544. The fraction of sp³-hybridized carbons (Fsp3) is 0.692. The number of nitrogens with zero attached hydrogens (tertiary/aromatic N) is 1. The Morgan fingerprint density at radius 2 is 2.26 bits per heavy atom. The van der Waals surface area contributed by atoms with Crippen molar-refractivity contribution in [3.05, 3.63) is 17.0 Å². The predicted octanol–water partition coefficient (Wildman–Crippen LogP) is 2.81. The van der Waals surface area contributed by atoms with E-state index in [0.717, 1.165) is 26.3 Å². The summed E-state index contributed by atoms with van der Waals surface area (Å²) < 4.78 is 20.1. The summed E-state index contributed by atoms with van der Waals surface area (Å²) in [5.41, 5.74) is 1.32. The van der Waals surface area contributed by atoms with Crippen molar-refractivity contribution in [3.63, 3.8) is 0 Å². The largest absolute Gasteiger partial charge is 0.383 e. The van der Waals surface area contributed by atoms with Gasteiger partial charge in [0.1, 0.15) is 0 Å². The van der Waals surface area contributed by atoms with Crippen LogP contribution in [0.5, 0.6) is 0 Å². The van der Waals surface area contributed by atoms with Crippen molar-refractivity contribution in [1.82, 2.24) is 4.31 Å². The first-order valence-electron chi connectivity index (χ1n) is 6.53. The molecule has 2 heterocycles. The third-order valence-corrected chi connectivity index (χ3v) is 5.11. The molecule has 0 spiro atoms. The minimum atomic E-state index is 0.153. The number of hydrogen-bond donors (Lipinski definition) is 0. The van der Waals surface area contributed by atoms with Crippen LogP contribution in [0.3, 0.4) is 0 Å². The average molecular weight is 303 g/mol. The van der Waals surface area contributed by atoms with Crippen LogP contribution in [0.2, 0.25) is 0 Å². The SMILES string of the molecule is CCOCCOC1CN(CCOC)Sc2sccc21. The summed E-state index contributed by atoms with van der Waals surface area (Å²) in [6.07, 6.45) is 0.153. The van der Waals surface area contributed by atoms with E-state index in [2.05, 4.69) is 15.8 Å². The Bertz CT molecular complexity index is 373. The summed E-state index contributed by atoms with van der Waals surface area (Å²) in [5.74, 6) is 0. The van der Waals surface area contributed by atoms with Crippen molar-refractivity contribution in [3.8, 4) is 0 Å². The molecule has 0 saturated carbocycles. The lowest BCUT2D eigenvalue weighted by atomic mass is 10.2. The maximum absolute atomic E-state index is 5.97. The number of methoxy groups -OCH3 is 1. The van der Waals surface area contributed by atoms with E-state index in [9.17, 15) is 0 Å². The van der Waals surface area contributed by atoms with Crippen molar-refractivity contribution in [1.29, 1.82) is 0 Å². The molecular weight excluding hydrogens is 282 g/mol. The molecule has 4 nitrogen and oxygen atoms in total. The van der Waals surface area contributed by atoms with Crippen LogP contribution in [-0.4, -0.2) is 50.9 Å². The lowest BCUT2D eigenvalue weighted by Crippen LogP contribution is -2.30. The first-order chi connectivity index (χ1) is 9.35. The van der Waals surface area contributed by atoms with Crippen LogP contribution < -0.4 is 0 Å². The number of hydrogen-bond acceptors (Lipinski definition) is 6. The zero-order valence-electron chi connectivity index (χ0n) is 11.5. The standard InChI is InChI=1S/C13H21NO3S2/c1-3-16-7-8-17-12-10-14(5-6-15-2)19-13-11(12)4-9-18-13/h4,9,12H,3,5-8,10H2,1-2H3. The van der Waals surface area contributed by atoms with Crippen LogP contribution in [0, 0.1) is 0 Å². The van der Waals surface area contributed by atoms with Gasteiger partial charge in [-0.1, -0.05) is 0 Å². The number of fused-ring (bicyclic) bond motifs is 1. The lowest BCUT2D eigenvalue weighted by molar-refractivity contribution is -0.00355. The lowest BCUT2D eigenvalue weighted by Gasteiger charge is -2.31. The molecule has 0 aliphatic carbocycles. The van der Waals surface area contributed by atoms with Gasteiger partial charge < -0.3 is 14.2 Å². The number of thiophene rings is 1. The Balaban J connectivity index is 1.89. The van der Waals surface area contributed by atoms with Gasteiger partial charge in [0.2, 0.25) is 0 Å². The zero-order chi connectivity index (χ0) is 13.5. The van der Waals surface area contributed by atoms with Gasteiger partial charge in [0.05, 0.1) is 30.1 Å². The number of rotatable bonds is 8. The third-order valence-electron chi connectivity index (χ3n) is 2.88. The molecule has 0 bridgehead atoms. The fourth-order valence-corrected chi connectivity index (χ4v) is 4.17. The van der Waals surface area contributed by atoms with Crippen LogP contribution in [0.15, 0.2) is 15.7 Å². The molecule has 0 fully saturated rings. The highest BCUT2D eigenvalue weighted by Gasteiger charge is 2.27. The van der Waals surface area contributed by atoms with E-state index < -0.39 is 0 Å². The molecule has 2 rings (SSSR count). The second kappa shape index (κ2) is 8.24. The molecule has 0 amide bonds. The molecule has 1 unspecified atom stereocenters. The summed E-state index contributed by atoms with van der Waals surface area (Å²) in [5, 5.41) is 2.14. The summed E-state index contributed by atoms with van der Waals surface area (Å²) in [4.78, 5) is 0. The Morgan fingerprint density at radius 1 is 1.37 bits per heavy atom. The fourth-order valence-electron chi connectivity index (χ4n) is 1.92. The highest BCUT2D eigenvalue weighted by Crippen LogP contribution is 2.41. The Morgan fingerprint density at radius 3 is 3.05 bits per heavy atom. The average Bonchev–Trinajstić information content (AvgIpc) is 2.89. The van der Waals surface area contributed by atoms with Gasteiger partial charge in [0.15, 0.2) is 0 Å². The molecular formula is C13H21NO3S2. The smallest absolute Gasteiger partial charge is 0.0981 e. The summed E-state index contributed by atoms with van der Waals surface area (Å²) >= 11 is 3.59. The molecule has 0 radical (unpaired) electrons. The van der Waals surface area contributed by atoms with Crippen molar-refractivity contribution in [2.24, 2.45) is 0 Å². The summed E-state index contributed by atoms with van der Waals surface area (Å²) in [7, 11) is 1.74. The van der Waals surface area contributed by atoms with E-state index in [1.54, 1.807) is 18.4 Å². The van der Waals surface area contributed by atoms with Gasteiger partial charge in [-0.05, 0) is 30.3 Å². The Hall–Kier alpha value is -0.110. The van der Waals surface area contributed by atoms with Crippen molar-refractivity contribution in [2.75, 3.05) is 46.6 Å². The van der Waals surface area contributed by atoms with E-state index in [-0.39, 0.29) is 6.10 Å². The van der Waals surface area contributed by atoms with E-state index in [4.69, 9.17) is 14.2 Å². The highest BCUT2D eigenvalue weighted by molar-refractivity contribution is 7.99. The van der Waals surface area contributed by atoms with Crippen LogP contribution in [0.25, 0.3) is 0 Å². The van der Waals surface area contributed by atoms with Crippen LogP contribution in [0.1, 0.15) is 18.6 Å². The minimum Gasteiger partial charge on any atom is -0.383 e. The van der Waals surface area contributed by atoms with E-state index in [1.165, 1.54) is 9.77 Å². The maximum Gasteiger partial charge on any atom is 0.0981 e. The van der Waals surface area contributed by atoms with E-state index in [0.29, 0.717) is 13.2 Å². The first kappa shape index (κ1) is 15.3. The molecule has 1 aromatic heterocycles. The second-order valence-corrected chi connectivity index (χ2v) is 6.47. The van der Waals surface area contributed by atoms with Gasteiger partial charge >= 0.3 is 0 Å². The molecule has 6 heteroatoms. The monoisotopic (exact) mass is 303 g/mol. The van der Waals surface area contributed by atoms with Crippen LogP contribution >= 0.6 is 23.3 Å². The molecule has 0 N–H and O–H groups in total.